The Morgan fingerprint density at radius 1 is 1.29 bits per heavy atom. The maximum absolute atomic E-state index is 12.0. The first-order valence-electron chi connectivity index (χ1n) is 6.22. The molecule has 0 saturated carbocycles. The fourth-order valence-electron chi connectivity index (χ4n) is 2.68. The Balaban J connectivity index is 0.00000256. The van der Waals surface area contributed by atoms with Crippen LogP contribution < -0.4 is 10.6 Å². The van der Waals surface area contributed by atoms with E-state index in [1.54, 1.807) is 0 Å². The summed E-state index contributed by atoms with van der Waals surface area (Å²) in [6, 6.07) is 0. The molecule has 102 valence electrons. The lowest BCUT2D eigenvalue weighted by molar-refractivity contribution is -0.126. The summed E-state index contributed by atoms with van der Waals surface area (Å²) in [5.41, 5.74) is 0.128. The van der Waals surface area contributed by atoms with E-state index in [9.17, 15) is 4.79 Å². The first-order valence-corrected chi connectivity index (χ1v) is 6.22. The molecule has 1 rings (SSSR count). The van der Waals surface area contributed by atoms with Crippen molar-refractivity contribution in [3.8, 4) is 0 Å². The topological polar surface area (TPSA) is 41.1 Å². The standard InChI is InChI=1S/C13H26N2O.ClH/c1-12(2,3)9-13(4,5)15-11(16)10-6-7-14-8-10;/h10,14H,6-9H2,1-5H3,(H,15,16);1H. The van der Waals surface area contributed by atoms with Gasteiger partial charge in [0.15, 0.2) is 0 Å². The number of hydrogen-bond donors (Lipinski definition) is 2. The Morgan fingerprint density at radius 3 is 2.29 bits per heavy atom. The van der Waals surface area contributed by atoms with Gasteiger partial charge < -0.3 is 10.6 Å². The maximum atomic E-state index is 12.0. The highest BCUT2D eigenvalue weighted by molar-refractivity contribution is 5.85. The minimum Gasteiger partial charge on any atom is -0.351 e. The highest BCUT2D eigenvalue weighted by Crippen LogP contribution is 2.27. The Hall–Kier alpha value is -0.280. The molecule has 0 aromatic heterocycles. The van der Waals surface area contributed by atoms with Gasteiger partial charge in [-0.1, -0.05) is 20.8 Å². The van der Waals surface area contributed by atoms with E-state index in [0.717, 1.165) is 25.9 Å². The Kier molecular flexibility index (Phi) is 5.95. The van der Waals surface area contributed by atoms with E-state index in [4.69, 9.17) is 0 Å². The minimum absolute atomic E-state index is 0. The molecule has 3 nitrogen and oxygen atoms in total. The van der Waals surface area contributed by atoms with Crippen LogP contribution in [-0.4, -0.2) is 24.5 Å². The molecular weight excluding hydrogens is 236 g/mol. The number of halogens is 1. The molecule has 0 aliphatic carbocycles. The highest BCUT2D eigenvalue weighted by atomic mass is 35.5. The summed E-state index contributed by atoms with van der Waals surface area (Å²) < 4.78 is 0. The molecular formula is C13H27ClN2O. The van der Waals surface area contributed by atoms with Crippen LogP contribution in [-0.2, 0) is 4.79 Å². The van der Waals surface area contributed by atoms with E-state index in [1.165, 1.54) is 0 Å². The van der Waals surface area contributed by atoms with Gasteiger partial charge in [-0.2, -0.15) is 0 Å². The van der Waals surface area contributed by atoms with E-state index in [1.807, 2.05) is 0 Å². The fraction of sp³-hybridized carbons (Fsp3) is 0.923. The van der Waals surface area contributed by atoms with Crippen LogP contribution in [0.15, 0.2) is 0 Å². The minimum atomic E-state index is -0.113. The van der Waals surface area contributed by atoms with E-state index >= 15 is 0 Å². The molecule has 1 amide bonds. The molecule has 0 bridgehead atoms. The Bertz CT molecular complexity index is 253. The van der Waals surface area contributed by atoms with Gasteiger partial charge >= 0.3 is 0 Å². The van der Waals surface area contributed by atoms with Gasteiger partial charge in [0.1, 0.15) is 0 Å². The zero-order valence-electron chi connectivity index (χ0n) is 11.7. The molecule has 1 fully saturated rings. The Labute approximate surface area is 112 Å². The summed E-state index contributed by atoms with van der Waals surface area (Å²) in [6.45, 7) is 12.6. The summed E-state index contributed by atoms with van der Waals surface area (Å²) >= 11 is 0. The normalized spacial score (nSPS) is 20.9. The quantitative estimate of drug-likeness (QED) is 0.820. The summed E-state index contributed by atoms with van der Waals surface area (Å²) in [5.74, 6) is 0.374. The number of hydrogen-bond acceptors (Lipinski definition) is 2. The van der Waals surface area contributed by atoms with Crippen molar-refractivity contribution in [1.82, 2.24) is 10.6 Å². The van der Waals surface area contributed by atoms with Crippen LogP contribution in [0.5, 0.6) is 0 Å². The van der Waals surface area contributed by atoms with Gasteiger partial charge in [-0.15, -0.1) is 12.4 Å². The third-order valence-corrected chi connectivity index (χ3v) is 2.86. The largest absolute Gasteiger partial charge is 0.351 e. The lowest BCUT2D eigenvalue weighted by Crippen LogP contribution is -2.48. The van der Waals surface area contributed by atoms with Gasteiger partial charge in [0.2, 0.25) is 5.91 Å². The molecule has 4 heteroatoms. The zero-order chi connectivity index (χ0) is 12.4. The van der Waals surface area contributed by atoms with E-state index in [-0.39, 0.29) is 35.2 Å². The van der Waals surface area contributed by atoms with Crippen molar-refractivity contribution in [2.24, 2.45) is 11.3 Å². The van der Waals surface area contributed by atoms with Gasteiger partial charge in [0.05, 0.1) is 5.92 Å². The van der Waals surface area contributed by atoms with Crippen molar-refractivity contribution in [3.05, 3.63) is 0 Å². The molecule has 0 radical (unpaired) electrons. The smallest absolute Gasteiger partial charge is 0.224 e. The molecule has 1 atom stereocenters. The van der Waals surface area contributed by atoms with Crippen molar-refractivity contribution < 1.29 is 4.79 Å². The first-order chi connectivity index (χ1) is 7.20. The molecule has 1 heterocycles. The van der Waals surface area contributed by atoms with Crippen LogP contribution in [0.4, 0.5) is 0 Å². The predicted octanol–water partition coefficient (Wildman–Crippen LogP) is 2.35. The molecule has 1 unspecified atom stereocenters. The first kappa shape index (κ1) is 16.7. The second-order valence-electron chi connectivity index (χ2n) is 6.80. The van der Waals surface area contributed by atoms with Gasteiger partial charge in [-0.25, -0.2) is 0 Å². The number of carbonyl (C=O) groups is 1. The third-order valence-electron chi connectivity index (χ3n) is 2.86. The monoisotopic (exact) mass is 262 g/mol. The number of nitrogens with one attached hydrogen (secondary N) is 2. The molecule has 1 saturated heterocycles. The van der Waals surface area contributed by atoms with Crippen molar-refractivity contribution in [2.45, 2.75) is 53.0 Å². The van der Waals surface area contributed by atoms with Crippen molar-refractivity contribution in [2.75, 3.05) is 13.1 Å². The molecule has 17 heavy (non-hydrogen) atoms. The zero-order valence-corrected chi connectivity index (χ0v) is 12.5. The summed E-state index contributed by atoms with van der Waals surface area (Å²) in [5, 5.41) is 6.40. The summed E-state index contributed by atoms with van der Waals surface area (Å²) in [4.78, 5) is 12.0. The van der Waals surface area contributed by atoms with Crippen LogP contribution in [0, 0.1) is 11.3 Å². The van der Waals surface area contributed by atoms with Gasteiger partial charge in [0, 0.05) is 12.1 Å². The predicted molar refractivity (Wildman–Crippen MR) is 74.5 cm³/mol. The SMILES string of the molecule is CC(C)(C)CC(C)(C)NC(=O)C1CCNC1.Cl. The lowest BCUT2D eigenvalue weighted by atomic mass is 9.81. The van der Waals surface area contributed by atoms with Gasteiger partial charge in [0.25, 0.3) is 0 Å². The molecule has 2 N–H and O–H groups in total. The van der Waals surface area contributed by atoms with E-state index < -0.39 is 0 Å². The van der Waals surface area contributed by atoms with Crippen LogP contribution in [0.1, 0.15) is 47.5 Å². The van der Waals surface area contributed by atoms with Crippen molar-refractivity contribution in [3.63, 3.8) is 0 Å². The summed E-state index contributed by atoms with van der Waals surface area (Å²) in [7, 11) is 0. The average Bonchev–Trinajstić information content (AvgIpc) is 2.48. The lowest BCUT2D eigenvalue weighted by Gasteiger charge is -2.34. The maximum Gasteiger partial charge on any atom is 0.224 e. The molecule has 1 aliphatic rings. The Morgan fingerprint density at radius 2 is 1.88 bits per heavy atom. The van der Waals surface area contributed by atoms with E-state index in [0.29, 0.717) is 0 Å². The number of rotatable bonds is 3. The molecule has 0 aromatic rings. The van der Waals surface area contributed by atoms with Gasteiger partial charge in [-0.3, -0.25) is 4.79 Å². The van der Waals surface area contributed by atoms with Crippen LogP contribution in [0.3, 0.4) is 0 Å². The third kappa shape index (κ3) is 6.27. The number of amides is 1. The molecule has 0 spiro atoms. The highest BCUT2D eigenvalue weighted by Gasteiger charge is 2.30. The van der Waals surface area contributed by atoms with Crippen molar-refractivity contribution in [1.29, 1.82) is 0 Å². The second-order valence-corrected chi connectivity index (χ2v) is 6.80. The fourth-order valence-corrected chi connectivity index (χ4v) is 2.68. The average molecular weight is 263 g/mol. The van der Waals surface area contributed by atoms with Crippen LogP contribution >= 0.6 is 12.4 Å². The molecule has 0 aromatic carbocycles. The summed E-state index contributed by atoms with van der Waals surface area (Å²) in [6.07, 6.45) is 1.96. The van der Waals surface area contributed by atoms with Crippen LogP contribution in [0.25, 0.3) is 0 Å². The second kappa shape index (κ2) is 6.05. The van der Waals surface area contributed by atoms with E-state index in [2.05, 4.69) is 45.3 Å². The molecule has 1 aliphatic heterocycles. The van der Waals surface area contributed by atoms with Crippen molar-refractivity contribution >= 4 is 18.3 Å². The van der Waals surface area contributed by atoms with Crippen LogP contribution in [0.2, 0.25) is 0 Å². The van der Waals surface area contributed by atoms with Gasteiger partial charge in [-0.05, 0) is 38.6 Å². The number of carbonyl (C=O) groups excluding carboxylic acids is 1.